The topological polar surface area (TPSA) is 231 Å². The summed E-state index contributed by atoms with van der Waals surface area (Å²) in [6, 6.07) is 0. The second-order valence-electron chi connectivity index (χ2n) is 17.3. The van der Waals surface area contributed by atoms with Gasteiger partial charge in [-0.3, -0.25) is 9.59 Å². The van der Waals surface area contributed by atoms with Crippen LogP contribution in [0.5, 0.6) is 0 Å². The van der Waals surface area contributed by atoms with Crippen molar-refractivity contribution >= 4 is 11.9 Å². The number of allylic oxidation sites excluding steroid dienone is 2. The highest BCUT2D eigenvalue weighted by Crippen LogP contribution is 2.26. The number of ether oxygens (including phenoxy) is 6. The normalized spacial score (nSPS) is 27.1. The van der Waals surface area contributed by atoms with E-state index in [-0.39, 0.29) is 26.1 Å². The third-order valence-electron chi connectivity index (χ3n) is 11.7. The van der Waals surface area contributed by atoms with Gasteiger partial charge >= 0.3 is 11.9 Å². The molecule has 2 fully saturated rings. The lowest BCUT2D eigenvalue weighted by Crippen LogP contribution is -2.61. The molecule has 0 aromatic heterocycles. The molecule has 0 radical (unpaired) electrons. The van der Waals surface area contributed by atoms with Gasteiger partial charge in [-0.15, -0.1) is 0 Å². The summed E-state index contributed by atoms with van der Waals surface area (Å²) in [4.78, 5) is 25.6. The van der Waals surface area contributed by atoms with E-state index in [2.05, 4.69) is 26.0 Å². The molecule has 2 rings (SSSR count). The van der Waals surface area contributed by atoms with Crippen LogP contribution in [-0.4, -0.2) is 142 Å². The van der Waals surface area contributed by atoms with Gasteiger partial charge in [0.25, 0.3) is 0 Å². The Morgan fingerprint density at radius 1 is 0.500 bits per heavy atom. The molecule has 11 atom stereocenters. The lowest BCUT2D eigenvalue weighted by atomic mass is 9.98. The Balaban J connectivity index is 1.83. The van der Waals surface area contributed by atoms with Gasteiger partial charge in [0.1, 0.15) is 55.4 Å². The highest BCUT2D eigenvalue weighted by atomic mass is 16.7. The van der Waals surface area contributed by atoms with Gasteiger partial charge in [-0.05, 0) is 38.5 Å². The third kappa shape index (κ3) is 24.0. The smallest absolute Gasteiger partial charge is 0.306 e. The molecule has 0 bridgehead atoms. The molecule has 2 heterocycles. The van der Waals surface area contributed by atoms with Gasteiger partial charge in [0.2, 0.25) is 0 Å². The first-order valence-electron chi connectivity index (χ1n) is 24.3. The molecule has 62 heavy (non-hydrogen) atoms. The number of carbonyl (C=O) groups is 2. The van der Waals surface area contributed by atoms with Gasteiger partial charge < -0.3 is 64.2 Å². The summed E-state index contributed by atoms with van der Waals surface area (Å²) in [5.74, 6) is -0.929. The van der Waals surface area contributed by atoms with Crippen LogP contribution in [0, 0.1) is 0 Å². The SMILES string of the molecule is CCCCCCCC/C=C/CCCCCCCC(=O)OC[C@H](CO[C@@H]1O[C@H](CO[C@H]2O[C@H](CO)[C@H](O)[C@H](O)[C@H]2O)[C@H](O)[C@H](O)[C@H]1O)OC(=O)CCCCCCCCCCCCC. The van der Waals surface area contributed by atoms with E-state index in [4.69, 9.17) is 28.4 Å². The van der Waals surface area contributed by atoms with E-state index in [9.17, 15) is 45.3 Å². The Hall–Kier alpha value is -1.76. The van der Waals surface area contributed by atoms with Crippen LogP contribution in [0.2, 0.25) is 0 Å². The highest BCUT2D eigenvalue weighted by molar-refractivity contribution is 5.70. The Labute approximate surface area is 371 Å². The molecule has 0 aliphatic carbocycles. The highest BCUT2D eigenvalue weighted by Gasteiger charge is 2.47. The molecular formula is C47H86O15. The largest absolute Gasteiger partial charge is 0.462 e. The monoisotopic (exact) mass is 891 g/mol. The van der Waals surface area contributed by atoms with Crippen LogP contribution >= 0.6 is 0 Å². The number of carbonyl (C=O) groups excluding carboxylic acids is 2. The molecule has 15 nitrogen and oxygen atoms in total. The van der Waals surface area contributed by atoms with Crippen molar-refractivity contribution in [2.75, 3.05) is 26.4 Å². The summed E-state index contributed by atoms with van der Waals surface area (Å²) in [6.45, 7) is 2.56. The maximum Gasteiger partial charge on any atom is 0.306 e. The Kier molecular flexibility index (Phi) is 32.3. The molecule has 2 aliphatic heterocycles. The first-order valence-corrected chi connectivity index (χ1v) is 24.3. The molecule has 7 N–H and O–H groups in total. The fourth-order valence-corrected chi connectivity index (χ4v) is 7.68. The second-order valence-corrected chi connectivity index (χ2v) is 17.3. The average molecular weight is 891 g/mol. The number of hydrogen-bond donors (Lipinski definition) is 7. The zero-order valence-corrected chi connectivity index (χ0v) is 38.1. The molecule has 2 aliphatic rings. The van der Waals surface area contributed by atoms with Crippen LogP contribution in [0.15, 0.2) is 12.2 Å². The summed E-state index contributed by atoms with van der Waals surface area (Å²) in [5.41, 5.74) is 0. The van der Waals surface area contributed by atoms with Gasteiger partial charge in [0.15, 0.2) is 18.7 Å². The Morgan fingerprint density at radius 2 is 0.919 bits per heavy atom. The van der Waals surface area contributed by atoms with Crippen molar-refractivity contribution < 1.29 is 73.8 Å². The molecule has 2 saturated heterocycles. The first-order chi connectivity index (χ1) is 30.0. The lowest BCUT2D eigenvalue weighted by Gasteiger charge is -2.42. The van der Waals surface area contributed by atoms with E-state index < -0.39 is 92.7 Å². The van der Waals surface area contributed by atoms with Crippen molar-refractivity contribution in [1.29, 1.82) is 0 Å². The van der Waals surface area contributed by atoms with Crippen LogP contribution in [0.4, 0.5) is 0 Å². The number of hydrogen-bond acceptors (Lipinski definition) is 15. The van der Waals surface area contributed by atoms with Crippen molar-refractivity contribution in [3.8, 4) is 0 Å². The number of aliphatic hydroxyl groups excluding tert-OH is 7. The fraction of sp³-hybridized carbons (Fsp3) is 0.915. The van der Waals surface area contributed by atoms with Gasteiger partial charge in [-0.25, -0.2) is 0 Å². The van der Waals surface area contributed by atoms with Crippen LogP contribution in [-0.2, 0) is 38.0 Å². The van der Waals surface area contributed by atoms with E-state index >= 15 is 0 Å². The van der Waals surface area contributed by atoms with Crippen LogP contribution < -0.4 is 0 Å². The number of aliphatic hydroxyl groups is 7. The van der Waals surface area contributed by atoms with Crippen molar-refractivity contribution in [2.45, 2.75) is 248 Å². The summed E-state index contributed by atoms with van der Waals surface area (Å²) in [6.07, 6.45) is 15.4. The van der Waals surface area contributed by atoms with Crippen LogP contribution in [0.1, 0.15) is 181 Å². The molecule has 0 aromatic carbocycles. The van der Waals surface area contributed by atoms with Gasteiger partial charge in [0.05, 0.1) is 19.8 Å². The number of esters is 2. The van der Waals surface area contributed by atoms with E-state index in [0.29, 0.717) is 12.8 Å². The summed E-state index contributed by atoms with van der Waals surface area (Å²) < 4.78 is 33.5. The first kappa shape index (κ1) is 56.4. The Morgan fingerprint density at radius 3 is 1.42 bits per heavy atom. The minimum absolute atomic E-state index is 0.168. The predicted molar refractivity (Wildman–Crippen MR) is 234 cm³/mol. The van der Waals surface area contributed by atoms with Gasteiger partial charge in [0, 0.05) is 12.8 Å². The minimum atomic E-state index is -1.76. The molecule has 0 saturated carbocycles. The standard InChI is InChI=1S/C47H86O15/c1-3-5-7-9-11-13-15-16-17-18-20-21-23-25-27-29-38(49)57-32-35(60-39(50)30-28-26-24-22-19-14-12-10-8-6-4-2)33-58-46-45(56)43(54)41(52)37(62-46)34-59-47-44(55)42(53)40(51)36(31-48)61-47/h16-17,35-37,40-48,51-56H,3-15,18-34H2,1-2H3/b17-16+/t35-,36-,37-,40+,41+,42+,43+,44-,45-,46-,47+/m1/s1. The maximum atomic E-state index is 12.9. The van der Waals surface area contributed by atoms with Crippen LogP contribution in [0.25, 0.3) is 0 Å². The fourth-order valence-electron chi connectivity index (χ4n) is 7.68. The van der Waals surface area contributed by atoms with Crippen molar-refractivity contribution in [1.82, 2.24) is 0 Å². The zero-order chi connectivity index (χ0) is 45.4. The van der Waals surface area contributed by atoms with Crippen molar-refractivity contribution in [3.05, 3.63) is 12.2 Å². The molecular weight excluding hydrogens is 805 g/mol. The molecule has 0 amide bonds. The van der Waals surface area contributed by atoms with E-state index in [1.165, 1.54) is 83.5 Å². The van der Waals surface area contributed by atoms with Gasteiger partial charge in [-0.2, -0.15) is 0 Å². The second kappa shape index (κ2) is 35.5. The summed E-state index contributed by atoms with van der Waals surface area (Å²) >= 11 is 0. The lowest BCUT2D eigenvalue weighted by molar-refractivity contribution is -0.332. The van der Waals surface area contributed by atoms with Gasteiger partial charge in [-0.1, -0.05) is 142 Å². The van der Waals surface area contributed by atoms with Crippen molar-refractivity contribution in [3.63, 3.8) is 0 Å². The summed E-state index contributed by atoms with van der Waals surface area (Å²) in [5, 5.41) is 71.9. The molecule has 0 spiro atoms. The van der Waals surface area contributed by atoms with Crippen LogP contribution in [0.3, 0.4) is 0 Å². The van der Waals surface area contributed by atoms with E-state index in [1.807, 2.05) is 0 Å². The zero-order valence-electron chi connectivity index (χ0n) is 38.1. The summed E-state index contributed by atoms with van der Waals surface area (Å²) in [7, 11) is 0. The third-order valence-corrected chi connectivity index (χ3v) is 11.7. The van der Waals surface area contributed by atoms with E-state index in [1.54, 1.807) is 0 Å². The molecule has 364 valence electrons. The quantitative estimate of drug-likeness (QED) is 0.0221. The number of unbranched alkanes of at least 4 members (excludes halogenated alkanes) is 21. The van der Waals surface area contributed by atoms with Crippen molar-refractivity contribution in [2.24, 2.45) is 0 Å². The van der Waals surface area contributed by atoms with E-state index in [0.717, 1.165) is 57.8 Å². The number of rotatable bonds is 37. The predicted octanol–water partition coefficient (Wildman–Crippen LogP) is 5.82. The Bertz CT molecular complexity index is 1140. The molecule has 15 heteroatoms. The minimum Gasteiger partial charge on any atom is -0.462 e. The molecule has 0 unspecified atom stereocenters. The maximum absolute atomic E-state index is 12.9. The molecule has 0 aromatic rings. The average Bonchev–Trinajstić information content (AvgIpc) is 3.26.